The van der Waals surface area contributed by atoms with Gasteiger partial charge in [-0.1, -0.05) is 0 Å². The van der Waals surface area contributed by atoms with Crippen molar-refractivity contribution in [1.82, 2.24) is 0 Å². The van der Waals surface area contributed by atoms with Crippen molar-refractivity contribution >= 4 is 7.32 Å². The number of nitrogens with two attached hydrogens (primary N) is 2. The predicted octanol–water partition coefficient (Wildman–Crippen LogP) is -4.64. The summed E-state index contributed by atoms with van der Waals surface area (Å²) in [7, 11) is -2.17. The van der Waals surface area contributed by atoms with Gasteiger partial charge in [0.1, 0.15) is 0 Å². The summed E-state index contributed by atoms with van der Waals surface area (Å²) in [4.78, 5) is 0. The first-order valence-electron chi connectivity index (χ1n) is 4.04. The molecule has 0 saturated heterocycles. The summed E-state index contributed by atoms with van der Waals surface area (Å²) in [6.45, 7) is 1.11. The number of rotatable bonds is 2. The quantitative estimate of drug-likeness (QED) is 0.254. The van der Waals surface area contributed by atoms with E-state index in [1.807, 2.05) is 18.2 Å². The van der Waals surface area contributed by atoms with E-state index < -0.39 is 7.32 Å². The molecule has 0 aliphatic rings. The first-order chi connectivity index (χ1) is 6.60. The molecule has 0 unspecified atom stereocenters. The number of benzene rings is 1. The molecule has 0 heterocycles. The smallest absolute Gasteiger partial charge is 0.402 e. The molecule has 0 saturated carbocycles. The van der Waals surface area contributed by atoms with Crippen molar-refractivity contribution < 1.29 is 44.6 Å². The van der Waals surface area contributed by atoms with E-state index in [-0.39, 0.29) is 29.6 Å². The maximum absolute atomic E-state index is 7.17. The van der Waals surface area contributed by atoms with Crippen LogP contribution in [0.5, 0.6) is 0 Å². The van der Waals surface area contributed by atoms with Gasteiger partial charge in [-0.25, -0.2) is 0 Å². The molecule has 0 fully saturated rings. The van der Waals surface area contributed by atoms with Gasteiger partial charge in [-0.2, -0.15) is 24.3 Å². The van der Waals surface area contributed by atoms with Crippen molar-refractivity contribution in [3.63, 3.8) is 0 Å². The van der Waals surface area contributed by atoms with Crippen LogP contribution in [0, 0.1) is 6.07 Å². The standard InChI is InChI=1S/C8H11N2.BH3O3.Na/c9-5-7-2-1-3-8(4-7)6-10;2-1(3)4;/h1-2,4H,5-6,9-10H2;2-4H;/q-1;;+1. The second-order valence-corrected chi connectivity index (χ2v) is 2.48. The summed E-state index contributed by atoms with van der Waals surface area (Å²) in [5, 5.41) is 21.5. The SMILES string of the molecule is NCc1[c-]ccc(CN)c1.OB(O)O.[Na+]. The summed E-state index contributed by atoms with van der Waals surface area (Å²) < 4.78 is 0. The topological polar surface area (TPSA) is 113 Å². The second-order valence-electron chi connectivity index (χ2n) is 2.48. The van der Waals surface area contributed by atoms with Crippen LogP contribution in [0.2, 0.25) is 0 Å². The molecule has 15 heavy (non-hydrogen) atoms. The zero-order chi connectivity index (χ0) is 11.0. The molecule has 1 aromatic carbocycles. The summed E-state index contributed by atoms with van der Waals surface area (Å²) in [5.74, 6) is 0. The first kappa shape index (κ1) is 17.5. The molecule has 0 aliphatic heterocycles. The van der Waals surface area contributed by atoms with E-state index in [0.717, 1.165) is 11.1 Å². The predicted molar refractivity (Wildman–Crippen MR) is 53.5 cm³/mol. The Kier molecular flexibility index (Phi) is 12.3. The van der Waals surface area contributed by atoms with E-state index >= 15 is 0 Å². The van der Waals surface area contributed by atoms with Crippen LogP contribution in [0.15, 0.2) is 18.2 Å². The molecule has 0 radical (unpaired) electrons. The van der Waals surface area contributed by atoms with Crippen LogP contribution in [0.1, 0.15) is 11.1 Å². The monoisotopic (exact) mass is 220 g/mol. The molecule has 0 amide bonds. The maximum atomic E-state index is 7.17. The average Bonchev–Trinajstić information content (AvgIpc) is 2.17. The number of hydrogen-bond acceptors (Lipinski definition) is 5. The van der Waals surface area contributed by atoms with Gasteiger partial charge in [-0.15, -0.1) is 11.1 Å². The van der Waals surface area contributed by atoms with Crippen LogP contribution in [-0.4, -0.2) is 22.4 Å². The molecule has 1 rings (SSSR count). The van der Waals surface area contributed by atoms with Gasteiger partial charge in [0.15, 0.2) is 0 Å². The van der Waals surface area contributed by atoms with E-state index in [9.17, 15) is 0 Å². The Balaban J connectivity index is 0. The summed E-state index contributed by atoms with van der Waals surface area (Å²) in [6, 6.07) is 8.78. The third-order valence-corrected chi connectivity index (χ3v) is 1.38. The zero-order valence-electron chi connectivity index (χ0n) is 8.72. The van der Waals surface area contributed by atoms with Gasteiger partial charge in [0.05, 0.1) is 0 Å². The fourth-order valence-electron chi connectivity index (χ4n) is 0.814. The normalized spacial score (nSPS) is 8.33. The first-order valence-corrected chi connectivity index (χ1v) is 4.04. The van der Waals surface area contributed by atoms with Crippen LogP contribution >= 0.6 is 0 Å². The Morgan fingerprint density at radius 2 is 1.73 bits per heavy atom. The van der Waals surface area contributed by atoms with Crippen LogP contribution in [-0.2, 0) is 13.1 Å². The Labute approximate surface area is 112 Å². The van der Waals surface area contributed by atoms with Crippen molar-refractivity contribution in [1.29, 1.82) is 0 Å². The van der Waals surface area contributed by atoms with Gasteiger partial charge in [0.25, 0.3) is 0 Å². The molecule has 0 spiro atoms. The van der Waals surface area contributed by atoms with E-state index in [4.69, 9.17) is 26.5 Å². The van der Waals surface area contributed by atoms with Crippen LogP contribution in [0.3, 0.4) is 0 Å². The largest absolute Gasteiger partial charge is 1.00 e. The minimum Gasteiger partial charge on any atom is -0.402 e. The van der Waals surface area contributed by atoms with Crippen molar-refractivity contribution in [2.45, 2.75) is 13.1 Å². The van der Waals surface area contributed by atoms with E-state index in [2.05, 4.69) is 6.07 Å². The molecule has 0 aliphatic carbocycles. The number of hydrogen-bond donors (Lipinski definition) is 5. The minimum atomic E-state index is -2.17. The molecule has 0 atom stereocenters. The molecule has 0 bridgehead atoms. The zero-order valence-corrected chi connectivity index (χ0v) is 10.7. The van der Waals surface area contributed by atoms with Crippen LogP contribution < -0.4 is 41.0 Å². The third kappa shape index (κ3) is 10.4. The summed E-state index contributed by atoms with van der Waals surface area (Å²) in [6.07, 6.45) is 0. The summed E-state index contributed by atoms with van der Waals surface area (Å²) in [5.41, 5.74) is 12.9. The van der Waals surface area contributed by atoms with Gasteiger partial charge < -0.3 is 26.5 Å². The Morgan fingerprint density at radius 3 is 2.13 bits per heavy atom. The Morgan fingerprint density at radius 1 is 1.20 bits per heavy atom. The van der Waals surface area contributed by atoms with Gasteiger partial charge >= 0.3 is 36.9 Å². The fraction of sp³-hybridized carbons (Fsp3) is 0.250. The van der Waals surface area contributed by atoms with Gasteiger partial charge in [-0.05, 0) is 13.1 Å². The molecule has 0 aromatic heterocycles. The van der Waals surface area contributed by atoms with E-state index in [0.29, 0.717) is 13.1 Å². The average molecular weight is 220 g/mol. The van der Waals surface area contributed by atoms with E-state index in [1.165, 1.54) is 0 Å². The molecule has 7 N–H and O–H groups in total. The summed E-state index contributed by atoms with van der Waals surface area (Å²) >= 11 is 0. The molecular formula is C8H14BN2NaO3. The van der Waals surface area contributed by atoms with Crippen molar-refractivity contribution in [3.05, 3.63) is 35.4 Å². The Bertz CT molecular complexity index is 241. The van der Waals surface area contributed by atoms with E-state index in [1.54, 1.807) is 0 Å². The Hall–Kier alpha value is 0.0849. The molecule has 1 aromatic rings. The third-order valence-electron chi connectivity index (χ3n) is 1.38. The van der Waals surface area contributed by atoms with Crippen molar-refractivity contribution in [3.8, 4) is 0 Å². The second kappa shape index (κ2) is 10.6. The van der Waals surface area contributed by atoms with Crippen molar-refractivity contribution in [2.24, 2.45) is 11.5 Å². The van der Waals surface area contributed by atoms with Crippen molar-refractivity contribution in [2.75, 3.05) is 0 Å². The van der Waals surface area contributed by atoms with Gasteiger partial charge in [0, 0.05) is 0 Å². The molecule has 78 valence electrons. The maximum Gasteiger partial charge on any atom is 1.00 e. The minimum absolute atomic E-state index is 0. The van der Waals surface area contributed by atoms with Gasteiger partial charge in [-0.3, -0.25) is 0 Å². The fourth-order valence-corrected chi connectivity index (χ4v) is 0.814. The van der Waals surface area contributed by atoms with Gasteiger partial charge in [0.2, 0.25) is 0 Å². The van der Waals surface area contributed by atoms with Crippen LogP contribution in [0.4, 0.5) is 0 Å². The molecule has 7 heteroatoms. The van der Waals surface area contributed by atoms with Crippen LogP contribution in [0.25, 0.3) is 0 Å². The molecule has 5 nitrogen and oxygen atoms in total. The molecular weight excluding hydrogens is 206 g/mol.